The van der Waals surface area contributed by atoms with Crippen LogP contribution in [0.3, 0.4) is 0 Å². The molecule has 0 atom stereocenters. The van der Waals surface area contributed by atoms with Gasteiger partial charge in [0.05, 0.1) is 0 Å². The molecule has 0 aliphatic rings. The molecule has 0 unspecified atom stereocenters. The van der Waals surface area contributed by atoms with E-state index in [9.17, 15) is 13.6 Å². The lowest BCUT2D eigenvalue weighted by Gasteiger charge is -2.05. The van der Waals surface area contributed by atoms with Gasteiger partial charge in [-0.1, -0.05) is 0 Å². The molecule has 0 heterocycles. The maximum Gasteiger partial charge on any atom is 0.221 e. The molecule has 2 N–H and O–H groups in total. The predicted molar refractivity (Wildman–Crippen MR) is 56.7 cm³/mol. The summed E-state index contributed by atoms with van der Waals surface area (Å²) >= 11 is 0. The number of hydrogen-bond acceptors (Lipinski definition) is 2. The second-order valence-electron chi connectivity index (χ2n) is 3.34. The molecule has 0 aliphatic carbocycles. The van der Waals surface area contributed by atoms with Crippen molar-refractivity contribution in [1.82, 2.24) is 10.6 Å². The van der Waals surface area contributed by atoms with Crippen LogP contribution >= 0.6 is 0 Å². The Balaban J connectivity index is 2.37. The number of amides is 1. The standard InChI is InChI=1S/C11H14F2N2O/c1-14-11(16)4-5-15-7-8-6-9(12)2-3-10(8)13/h2-3,6,15H,4-5,7H2,1H3,(H,14,16). The van der Waals surface area contributed by atoms with Crippen LogP contribution < -0.4 is 10.6 Å². The monoisotopic (exact) mass is 228 g/mol. The molecule has 1 rings (SSSR count). The maximum absolute atomic E-state index is 13.1. The molecule has 16 heavy (non-hydrogen) atoms. The molecule has 88 valence electrons. The number of halogens is 2. The van der Waals surface area contributed by atoms with Crippen molar-refractivity contribution >= 4 is 5.91 Å². The van der Waals surface area contributed by atoms with Crippen molar-refractivity contribution in [3.8, 4) is 0 Å². The largest absolute Gasteiger partial charge is 0.359 e. The molecule has 0 aromatic heterocycles. The van der Waals surface area contributed by atoms with Crippen LogP contribution in [0.5, 0.6) is 0 Å². The Hall–Kier alpha value is -1.49. The van der Waals surface area contributed by atoms with Gasteiger partial charge in [-0.25, -0.2) is 8.78 Å². The summed E-state index contributed by atoms with van der Waals surface area (Å²) in [6.45, 7) is 0.635. The zero-order valence-electron chi connectivity index (χ0n) is 9.02. The predicted octanol–water partition coefficient (Wildman–Crippen LogP) is 1.19. The van der Waals surface area contributed by atoms with Gasteiger partial charge in [0, 0.05) is 32.1 Å². The molecule has 0 saturated heterocycles. The van der Waals surface area contributed by atoms with Gasteiger partial charge in [-0.15, -0.1) is 0 Å². The summed E-state index contributed by atoms with van der Waals surface area (Å²) in [6, 6.07) is 3.30. The third-order valence-corrected chi connectivity index (χ3v) is 2.13. The van der Waals surface area contributed by atoms with Gasteiger partial charge in [0.25, 0.3) is 0 Å². The van der Waals surface area contributed by atoms with Crippen molar-refractivity contribution in [2.75, 3.05) is 13.6 Å². The van der Waals surface area contributed by atoms with Gasteiger partial charge in [0.1, 0.15) is 11.6 Å². The normalized spacial score (nSPS) is 10.2. The summed E-state index contributed by atoms with van der Waals surface area (Å²) in [6.07, 6.45) is 0.313. The van der Waals surface area contributed by atoms with Crippen LogP contribution in [0.15, 0.2) is 18.2 Å². The number of benzene rings is 1. The van der Waals surface area contributed by atoms with E-state index in [1.807, 2.05) is 0 Å². The van der Waals surface area contributed by atoms with Gasteiger partial charge >= 0.3 is 0 Å². The van der Waals surface area contributed by atoms with Gasteiger partial charge in [-0.3, -0.25) is 4.79 Å². The molecule has 3 nitrogen and oxygen atoms in total. The Morgan fingerprint density at radius 3 is 2.81 bits per heavy atom. The second-order valence-corrected chi connectivity index (χ2v) is 3.34. The second kappa shape index (κ2) is 6.17. The summed E-state index contributed by atoms with van der Waals surface area (Å²) in [5.74, 6) is -1.01. The smallest absolute Gasteiger partial charge is 0.221 e. The SMILES string of the molecule is CNC(=O)CCNCc1cc(F)ccc1F. The van der Waals surface area contributed by atoms with Gasteiger partial charge in [-0.2, -0.15) is 0 Å². The first-order valence-corrected chi connectivity index (χ1v) is 4.98. The lowest BCUT2D eigenvalue weighted by molar-refractivity contribution is -0.120. The van der Waals surface area contributed by atoms with E-state index in [-0.39, 0.29) is 18.0 Å². The fourth-order valence-electron chi connectivity index (χ4n) is 1.23. The lowest BCUT2D eigenvalue weighted by Crippen LogP contribution is -2.24. The summed E-state index contributed by atoms with van der Waals surface area (Å²) in [4.78, 5) is 10.9. The van der Waals surface area contributed by atoms with Crippen molar-refractivity contribution in [1.29, 1.82) is 0 Å². The van der Waals surface area contributed by atoms with Crippen molar-refractivity contribution in [2.24, 2.45) is 0 Å². The number of rotatable bonds is 5. The molecule has 5 heteroatoms. The van der Waals surface area contributed by atoms with Gasteiger partial charge in [0.15, 0.2) is 0 Å². The number of nitrogens with one attached hydrogen (secondary N) is 2. The Labute approximate surface area is 92.8 Å². The van der Waals surface area contributed by atoms with Crippen LogP contribution in [0.1, 0.15) is 12.0 Å². The van der Waals surface area contributed by atoms with E-state index in [1.165, 1.54) is 0 Å². The molecule has 0 saturated carbocycles. The van der Waals surface area contributed by atoms with Crippen molar-refractivity contribution < 1.29 is 13.6 Å². The topological polar surface area (TPSA) is 41.1 Å². The van der Waals surface area contributed by atoms with Crippen LogP contribution in [0.4, 0.5) is 8.78 Å². The highest BCUT2D eigenvalue weighted by molar-refractivity contribution is 5.75. The van der Waals surface area contributed by atoms with Crippen molar-refractivity contribution in [2.45, 2.75) is 13.0 Å². The van der Waals surface area contributed by atoms with E-state index >= 15 is 0 Å². The first kappa shape index (κ1) is 12.6. The van der Waals surface area contributed by atoms with Crippen LogP contribution in [-0.2, 0) is 11.3 Å². The number of hydrogen-bond donors (Lipinski definition) is 2. The minimum atomic E-state index is -0.468. The molecule has 0 spiro atoms. The Morgan fingerprint density at radius 2 is 2.12 bits per heavy atom. The highest BCUT2D eigenvalue weighted by atomic mass is 19.1. The van der Waals surface area contributed by atoms with Crippen molar-refractivity contribution in [3.05, 3.63) is 35.4 Å². The third kappa shape index (κ3) is 3.94. The van der Waals surface area contributed by atoms with E-state index < -0.39 is 11.6 Å². The minimum Gasteiger partial charge on any atom is -0.359 e. The fourth-order valence-corrected chi connectivity index (χ4v) is 1.23. The van der Waals surface area contributed by atoms with Crippen LogP contribution in [-0.4, -0.2) is 19.5 Å². The summed E-state index contributed by atoms with van der Waals surface area (Å²) in [5.41, 5.74) is 0.261. The highest BCUT2D eigenvalue weighted by Crippen LogP contribution is 2.08. The third-order valence-electron chi connectivity index (χ3n) is 2.13. The average Bonchev–Trinajstić information content (AvgIpc) is 2.28. The zero-order valence-corrected chi connectivity index (χ0v) is 9.02. The molecular formula is C11H14F2N2O. The van der Waals surface area contributed by atoms with E-state index in [2.05, 4.69) is 10.6 Å². The Bertz CT molecular complexity index is 369. The molecule has 1 aromatic rings. The quantitative estimate of drug-likeness (QED) is 0.743. The van der Waals surface area contributed by atoms with Gasteiger partial charge < -0.3 is 10.6 Å². The van der Waals surface area contributed by atoms with Gasteiger partial charge in [-0.05, 0) is 18.2 Å². The summed E-state index contributed by atoms with van der Waals surface area (Å²) < 4.78 is 25.9. The van der Waals surface area contributed by atoms with E-state index in [4.69, 9.17) is 0 Å². The minimum absolute atomic E-state index is 0.0905. The Morgan fingerprint density at radius 1 is 1.38 bits per heavy atom. The number of carbonyl (C=O) groups excluding carboxylic acids is 1. The fraction of sp³-hybridized carbons (Fsp3) is 0.364. The molecule has 0 aliphatic heterocycles. The van der Waals surface area contributed by atoms with Crippen molar-refractivity contribution in [3.63, 3.8) is 0 Å². The average molecular weight is 228 g/mol. The molecule has 0 fully saturated rings. The molecular weight excluding hydrogens is 214 g/mol. The van der Waals surface area contributed by atoms with E-state index in [1.54, 1.807) is 7.05 Å². The van der Waals surface area contributed by atoms with E-state index in [0.717, 1.165) is 18.2 Å². The molecule has 0 bridgehead atoms. The zero-order chi connectivity index (χ0) is 12.0. The van der Waals surface area contributed by atoms with Gasteiger partial charge in [0.2, 0.25) is 5.91 Å². The van der Waals surface area contributed by atoms with Crippen LogP contribution in [0.25, 0.3) is 0 Å². The molecule has 1 aromatic carbocycles. The lowest BCUT2D eigenvalue weighted by atomic mass is 10.2. The first-order valence-electron chi connectivity index (χ1n) is 4.98. The maximum atomic E-state index is 13.1. The Kier molecular flexibility index (Phi) is 4.85. The van der Waals surface area contributed by atoms with E-state index in [0.29, 0.717) is 13.0 Å². The highest BCUT2D eigenvalue weighted by Gasteiger charge is 2.03. The summed E-state index contributed by atoms with van der Waals surface area (Å²) in [7, 11) is 1.55. The number of carbonyl (C=O) groups is 1. The molecule has 1 amide bonds. The van der Waals surface area contributed by atoms with Crippen LogP contribution in [0.2, 0.25) is 0 Å². The first-order chi connectivity index (χ1) is 7.63. The molecule has 0 radical (unpaired) electrons. The summed E-state index contributed by atoms with van der Waals surface area (Å²) in [5, 5.41) is 5.34. The van der Waals surface area contributed by atoms with Crippen LogP contribution in [0, 0.1) is 11.6 Å².